The van der Waals surface area contributed by atoms with Crippen LogP contribution < -0.4 is 10.2 Å². The van der Waals surface area contributed by atoms with Gasteiger partial charge in [-0.15, -0.1) is 0 Å². The van der Waals surface area contributed by atoms with Gasteiger partial charge in [0.2, 0.25) is 11.8 Å². The summed E-state index contributed by atoms with van der Waals surface area (Å²) in [5.74, 6) is 0.394. The van der Waals surface area contributed by atoms with Crippen LogP contribution in [0.2, 0.25) is 0 Å². The normalized spacial score (nSPS) is 18.6. The van der Waals surface area contributed by atoms with Crippen molar-refractivity contribution < 1.29 is 9.59 Å². The molecule has 1 atom stereocenters. The minimum atomic E-state index is -0.0104. The van der Waals surface area contributed by atoms with E-state index in [1.165, 1.54) is 5.56 Å². The standard InChI is InChI=1S/C18H26N2O2/c1-13-5-7-15(8-6-13)20-12-14(9-17(20)22)11-19-16(21)10-18(2,3)4/h5-8,14H,9-12H2,1-4H3,(H,19,21). The van der Waals surface area contributed by atoms with Crippen LogP contribution in [0.25, 0.3) is 0 Å². The molecule has 0 radical (unpaired) electrons. The molecule has 2 rings (SSSR count). The second-order valence-corrected chi connectivity index (χ2v) is 7.45. The van der Waals surface area contributed by atoms with E-state index in [-0.39, 0.29) is 23.1 Å². The first-order valence-corrected chi connectivity index (χ1v) is 7.88. The predicted octanol–water partition coefficient (Wildman–Crippen LogP) is 2.90. The molecule has 0 aliphatic carbocycles. The van der Waals surface area contributed by atoms with Crippen LogP contribution in [0.15, 0.2) is 24.3 Å². The number of nitrogens with one attached hydrogen (secondary N) is 1. The highest BCUT2D eigenvalue weighted by Crippen LogP contribution is 2.25. The zero-order valence-electron chi connectivity index (χ0n) is 14.0. The minimum Gasteiger partial charge on any atom is -0.356 e. The number of nitrogens with zero attached hydrogens (tertiary/aromatic N) is 1. The monoisotopic (exact) mass is 302 g/mol. The van der Waals surface area contributed by atoms with Crippen LogP contribution in [-0.4, -0.2) is 24.9 Å². The van der Waals surface area contributed by atoms with Crippen molar-refractivity contribution in [2.75, 3.05) is 18.0 Å². The van der Waals surface area contributed by atoms with E-state index in [0.717, 1.165) is 5.69 Å². The summed E-state index contributed by atoms with van der Waals surface area (Å²) in [6.45, 7) is 9.42. The molecule has 120 valence electrons. The first-order valence-electron chi connectivity index (χ1n) is 7.88. The Balaban J connectivity index is 1.87. The van der Waals surface area contributed by atoms with Crippen molar-refractivity contribution in [1.29, 1.82) is 0 Å². The van der Waals surface area contributed by atoms with Crippen molar-refractivity contribution >= 4 is 17.5 Å². The molecule has 1 unspecified atom stereocenters. The number of hydrogen-bond acceptors (Lipinski definition) is 2. The average molecular weight is 302 g/mol. The van der Waals surface area contributed by atoms with Gasteiger partial charge in [0, 0.05) is 37.5 Å². The Morgan fingerprint density at radius 1 is 1.27 bits per heavy atom. The summed E-state index contributed by atoms with van der Waals surface area (Å²) in [6.07, 6.45) is 1.01. The average Bonchev–Trinajstić information content (AvgIpc) is 2.77. The summed E-state index contributed by atoms with van der Waals surface area (Å²) in [5, 5.41) is 2.97. The van der Waals surface area contributed by atoms with Gasteiger partial charge in [0.25, 0.3) is 0 Å². The maximum absolute atomic E-state index is 12.2. The maximum Gasteiger partial charge on any atom is 0.227 e. The Morgan fingerprint density at radius 2 is 1.91 bits per heavy atom. The molecule has 4 heteroatoms. The van der Waals surface area contributed by atoms with Crippen molar-refractivity contribution in [3.63, 3.8) is 0 Å². The third-order valence-electron chi connectivity index (χ3n) is 3.83. The van der Waals surface area contributed by atoms with Gasteiger partial charge in [-0.1, -0.05) is 38.5 Å². The van der Waals surface area contributed by atoms with E-state index < -0.39 is 0 Å². The summed E-state index contributed by atoms with van der Waals surface area (Å²) >= 11 is 0. The first kappa shape index (κ1) is 16.5. The molecule has 0 spiro atoms. The van der Waals surface area contributed by atoms with Crippen molar-refractivity contribution in [2.45, 2.75) is 40.5 Å². The SMILES string of the molecule is Cc1ccc(N2CC(CNC(=O)CC(C)(C)C)CC2=O)cc1. The van der Waals surface area contributed by atoms with Crippen LogP contribution in [0.3, 0.4) is 0 Å². The van der Waals surface area contributed by atoms with Gasteiger partial charge in [0.05, 0.1) is 0 Å². The van der Waals surface area contributed by atoms with E-state index in [4.69, 9.17) is 0 Å². The van der Waals surface area contributed by atoms with Crippen LogP contribution in [0.5, 0.6) is 0 Å². The summed E-state index contributed by atoms with van der Waals surface area (Å²) in [4.78, 5) is 25.9. The number of aryl methyl sites for hydroxylation is 1. The lowest BCUT2D eigenvalue weighted by Crippen LogP contribution is -2.33. The molecule has 0 saturated carbocycles. The van der Waals surface area contributed by atoms with E-state index in [0.29, 0.717) is 25.9 Å². The van der Waals surface area contributed by atoms with Gasteiger partial charge in [-0.05, 0) is 24.5 Å². The molecule has 22 heavy (non-hydrogen) atoms. The molecule has 1 aromatic carbocycles. The van der Waals surface area contributed by atoms with Crippen LogP contribution in [0.1, 0.15) is 39.2 Å². The van der Waals surface area contributed by atoms with Crippen LogP contribution in [0, 0.1) is 18.3 Å². The van der Waals surface area contributed by atoms with Gasteiger partial charge in [-0.3, -0.25) is 9.59 Å². The molecule has 1 aromatic rings. The number of anilines is 1. The van der Waals surface area contributed by atoms with Gasteiger partial charge in [0.15, 0.2) is 0 Å². The van der Waals surface area contributed by atoms with E-state index in [9.17, 15) is 9.59 Å². The van der Waals surface area contributed by atoms with E-state index >= 15 is 0 Å². The largest absolute Gasteiger partial charge is 0.356 e. The molecule has 1 aliphatic heterocycles. The molecular weight excluding hydrogens is 276 g/mol. The highest BCUT2D eigenvalue weighted by atomic mass is 16.2. The third kappa shape index (κ3) is 4.58. The fourth-order valence-corrected chi connectivity index (χ4v) is 2.69. The molecule has 1 aliphatic rings. The Morgan fingerprint density at radius 3 is 2.50 bits per heavy atom. The number of carbonyl (C=O) groups excluding carboxylic acids is 2. The zero-order chi connectivity index (χ0) is 16.3. The Hall–Kier alpha value is -1.84. The van der Waals surface area contributed by atoms with Crippen LogP contribution in [0.4, 0.5) is 5.69 Å². The first-order chi connectivity index (χ1) is 10.2. The summed E-state index contributed by atoms with van der Waals surface area (Å²) in [6, 6.07) is 7.99. The highest BCUT2D eigenvalue weighted by molar-refractivity contribution is 5.95. The van der Waals surface area contributed by atoms with Crippen molar-refractivity contribution in [1.82, 2.24) is 5.32 Å². The van der Waals surface area contributed by atoms with Gasteiger partial charge < -0.3 is 10.2 Å². The van der Waals surface area contributed by atoms with Crippen molar-refractivity contribution in [2.24, 2.45) is 11.3 Å². The molecule has 4 nitrogen and oxygen atoms in total. The molecule has 1 heterocycles. The number of benzene rings is 1. The Kier molecular flexibility index (Phi) is 4.89. The van der Waals surface area contributed by atoms with E-state index in [1.807, 2.05) is 56.9 Å². The van der Waals surface area contributed by atoms with Gasteiger partial charge in [-0.2, -0.15) is 0 Å². The number of rotatable bonds is 4. The lowest BCUT2D eigenvalue weighted by Gasteiger charge is -2.19. The zero-order valence-corrected chi connectivity index (χ0v) is 14.0. The van der Waals surface area contributed by atoms with Crippen molar-refractivity contribution in [3.8, 4) is 0 Å². The molecule has 2 amide bonds. The van der Waals surface area contributed by atoms with Crippen LogP contribution >= 0.6 is 0 Å². The molecule has 1 N–H and O–H groups in total. The van der Waals surface area contributed by atoms with E-state index in [2.05, 4.69) is 5.32 Å². The quantitative estimate of drug-likeness (QED) is 0.929. The lowest BCUT2D eigenvalue weighted by atomic mass is 9.92. The number of carbonyl (C=O) groups is 2. The topological polar surface area (TPSA) is 49.4 Å². The molecule has 0 aromatic heterocycles. The smallest absolute Gasteiger partial charge is 0.227 e. The third-order valence-corrected chi connectivity index (χ3v) is 3.83. The van der Waals surface area contributed by atoms with Gasteiger partial charge >= 0.3 is 0 Å². The predicted molar refractivity (Wildman–Crippen MR) is 88.7 cm³/mol. The number of amides is 2. The Labute approximate surface area is 132 Å². The molecular formula is C18H26N2O2. The molecule has 1 fully saturated rings. The summed E-state index contributed by atoms with van der Waals surface area (Å²) in [7, 11) is 0. The fraction of sp³-hybridized carbons (Fsp3) is 0.556. The summed E-state index contributed by atoms with van der Waals surface area (Å²) < 4.78 is 0. The highest BCUT2D eigenvalue weighted by Gasteiger charge is 2.30. The molecule has 0 bridgehead atoms. The second-order valence-electron chi connectivity index (χ2n) is 7.45. The summed E-state index contributed by atoms with van der Waals surface area (Å²) in [5.41, 5.74) is 2.12. The fourth-order valence-electron chi connectivity index (χ4n) is 2.69. The Bertz CT molecular complexity index is 543. The van der Waals surface area contributed by atoms with Crippen LogP contribution in [-0.2, 0) is 9.59 Å². The molecule has 1 saturated heterocycles. The van der Waals surface area contributed by atoms with Gasteiger partial charge in [0.1, 0.15) is 0 Å². The van der Waals surface area contributed by atoms with Crippen molar-refractivity contribution in [3.05, 3.63) is 29.8 Å². The lowest BCUT2D eigenvalue weighted by molar-refractivity contribution is -0.123. The second kappa shape index (κ2) is 6.51. The minimum absolute atomic E-state index is 0.0104. The van der Waals surface area contributed by atoms with E-state index in [1.54, 1.807) is 0 Å². The number of hydrogen-bond donors (Lipinski definition) is 1. The maximum atomic E-state index is 12.2. The van der Waals surface area contributed by atoms with Gasteiger partial charge in [-0.25, -0.2) is 0 Å².